The molecule has 0 spiro atoms. The van der Waals surface area contributed by atoms with Gasteiger partial charge >= 0.3 is 5.69 Å². The molecule has 0 aliphatic heterocycles. The van der Waals surface area contributed by atoms with E-state index < -0.39 is 16.9 Å². The molecule has 0 fully saturated rings. The van der Waals surface area contributed by atoms with Crippen LogP contribution >= 0.6 is 0 Å². The molecular formula is C14H15N3O5. The predicted molar refractivity (Wildman–Crippen MR) is 77.8 cm³/mol. The summed E-state index contributed by atoms with van der Waals surface area (Å²) in [7, 11) is 0. The van der Waals surface area contributed by atoms with Gasteiger partial charge in [0.2, 0.25) is 0 Å². The van der Waals surface area contributed by atoms with E-state index in [9.17, 15) is 14.9 Å². The lowest BCUT2D eigenvalue weighted by Crippen LogP contribution is -2.30. The highest BCUT2D eigenvalue weighted by molar-refractivity contribution is 5.93. The summed E-state index contributed by atoms with van der Waals surface area (Å²) >= 11 is 0. The van der Waals surface area contributed by atoms with Crippen LogP contribution in [-0.4, -0.2) is 22.1 Å². The fraction of sp³-hybridized carbons (Fsp3) is 0.286. The molecule has 1 aromatic carbocycles. The third-order valence-electron chi connectivity index (χ3n) is 2.86. The molecule has 0 radical (unpaired) electrons. The summed E-state index contributed by atoms with van der Waals surface area (Å²) in [4.78, 5) is 22.5. The number of carbonyl (C=O) groups excluding carboxylic acids is 1. The van der Waals surface area contributed by atoms with Crippen molar-refractivity contribution < 1.29 is 19.0 Å². The molecule has 2 rings (SSSR count). The molecule has 116 valence electrons. The number of nitrogens with one attached hydrogen (secondary N) is 1. The molecule has 0 aliphatic rings. The van der Waals surface area contributed by atoms with Crippen molar-refractivity contribution in [3.05, 3.63) is 45.7 Å². The number of hydrogen-bond donors (Lipinski definition) is 1. The van der Waals surface area contributed by atoms with E-state index in [1.165, 1.54) is 19.1 Å². The Kier molecular flexibility index (Phi) is 4.40. The number of hydrogen-bond acceptors (Lipinski definition) is 6. The molecule has 1 aromatic heterocycles. The Morgan fingerprint density at radius 1 is 1.41 bits per heavy atom. The van der Waals surface area contributed by atoms with Crippen molar-refractivity contribution in [2.75, 3.05) is 5.32 Å². The highest BCUT2D eigenvalue weighted by Crippen LogP contribution is 2.28. The van der Waals surface area contributed by atoms with Crippen LogP contribution in [0.3, 0.4) is 0 Å². The molecule has 1 heterocycles. The van der Waals surface area contributed by atoms with E-state index in [0.29, 0.717) is 5.76 Å². The Labute approximate surface area is 126 Å². The molecule has 0 bridgehead atoms. The van der Waals surface area contributed by atoms with E-state index in [2.05, 4.69) is 10.5 Å². The zero-order valence-corrected chi connectivity index (χ0v) is 12.3. The number of carbonyl (C=O) groups is 1. The van der Waals surface area contributed by atoms with E-state index in [1.54, 1.807) is 26.0 Å². The largest absolute Gasteiger partial charge is 0.474 e. The second kappa shape index (κ2) is 6.25. The summed E-state index contributed by atoms with van der Waals surface area (Å²) in [6.45, 7) is 4.92. The Morgan fingerprint density at radius 3 is 2.73 bits per heavy atom. The molecule has 0 saturated carbocycles. The van der Waals surface area contributed by atoms with Crippen molar-refractivity contribution >= 4 is 17.4 Å². The van der Waals surface area contributed by atoms with E-state index in [-0.39, 0.29) is 17.3 Å². The summed E-state index contributed by atoms with van der Waals surface area (Å²) in [6.07, 6.45) is -0.932. The monoisotopic (exact) mass is 305 g/mol. The second-order valence-corrected chi connectivity index (χ2v) is 4.80. The number of nitrogens with zero attached hydrogens (tertiary/aromatic N) is 2. The molecule has 1 N–H and O–H groups in total. The van der Waals surface area contributed by atoms with Gasteiger partial charge < -0.3 is 14.6 Å². The number of amides is 1. The minimum absolute atomic E-state index is 0.0367. The first-order valence-electron chi connectivity index (χ1n) is 6.52. The average Bonchev–Trinajstić information content (AvgIpc) is 2.85. The standard InChI is InChI=1S/C14H15N3O5/c1-8-4-5-12(11(6-8)17(19)20)21-10(3)14(18)15-13-7-9(2)22-16-13/h4-7,10H,1-3H3,(H,15,16,18). The Balaban J connectivity index is 2.09. The van der Waals surface area contributed by atoms with Gasteiger partial charge in [0.15, 0.2) is 17.7 Å². The molecular weight excluding hydrogens is 290 g/mol. The number of nitro benzene ring substituents is 1. The molecule has 1 amide bonds. The van der Waals surface area contributed by atoms with Crippen LogP contribution in [0, 0.1) is 24.0 Å². The number of anilines is 1. The maximum Gasteiger partial charge on any atom is 0.311 e. The predicted octanol–water partition coefficient (Wildman–Crippen LogP) is 2.61. The van der Waals surface area contributed by atoms with Gasteiger partial charge in [-0.25, -0.2) is 0 Å². The summed E-state index contributed by atoms with van der Waals surface area (Å²) in [6, 6.07) is 6.09. The third-order valence-corrected chi connectivity index (χ3v) is 2.86. The minimum atomic E-state index is -0.932. The first kappa shape index (κ1) is 15.5. The first-order valence-corrected chi connectivity index (χ1v) is 6.52. The number of aryl methyl sites for hydroxylation is 2. The van der Waals surface area contributed by atoms with E-state index in [0.717, 1.165) is 5.56 Å². The van der Waals surface area contributed by atoms with Gasteiger partial charge in [-0.05, 0) is 32.4 Å². The highest BCUT2D eigenvalue weighted by atomic mass is 16.6. The molecule has 0 saturated heterocycles. The van der Waals surface area contributed by atoms with Crippen LogP contribution in [0.5, 0.6) is 5.75 Å². The van der Waals surface area contributed by atoms with Crippen LogP contribution in [0.1, 0.15) is 18.2 Å². The van der Waals surface area contributed by atoms with Crippen molar-refractivity contribution in [2.45, 2.75) is 26.9 Å². The lowest BCUT2D eigenvalue weighted by Gasteiger charge is -2.13. The highest BCUT2D eigenvalue weighted by Gasteiger charge is 2.22. The Bertz CT molecular complexity index is 710. The second-order valence-electron chi connectivity index (χ2n) is 4.80. The van der Waals surface area contributed by atoms with Gasteiger partial charge in [0.05, 0.1) is 4.92 Å². The van der Waals surface area contributed by atoms with Crippen LogP contribution in [0.25, 0.3) is 0 Å². The van der Waals surface area contributed by atoms with E-state index in [1.807, 2.05) is 0 Å². The summed E-state index contributed by atoms with van der Waals surface area (Å²) < 4.78 is 10.2. The van der Waals surface area contributed by atoms with Gasteiger partial charge in [0.25, 0.3) is 5.91 Å². The summed E-state index contributed by atoms with van der Waals surface area (Å²) in [5.74, 6) is 0.368. The zero-order chi connectivity index (χ0) is 16.3. The number of ether oxygens (including phenoxy) is 1. The van der Waals surface area contributed by atoms with Crippen LogP contribution in [0.4, 0.5) is 11.5 Å². The number of aromatic nitrogens is 1. The Hall–Kier alpha value is -2.90. The van der Waals surface area contributed by atoms with Gasteiger partial charge in [-0.1, -0.05) is 11.2 Å². The van der Waals surface area contributed by atoms with Crippen LogP contribution in [-0.2, 0) is 4.79 Å². The van der Waals surface area contributed by atoms with Gasteiger partial charge in [0, 0.05) is 12.1 Å². The fourth-order valence-corrected chi connectivity index (χ4v) is 1.77. The number of benzene rings is 1. The average molecular weight is 305 g/mol. The van der Waals surface area contributed by atoms with Gasteiger partial charge in [-0.15, -0.1) is 0 Å². The van der Waals surface area contributed by atoms with Crippen LogP contribution < -0.4 is 10.1 Å². The van der Waals surface area contributed by atoms with Gasteiger partial charge in [-0.3, -0.25) is 14.9 Å². The minimum Gasteiger partial charge on any atom is -0.474 e. The summed E-state index contributed by atoms with van der Waals surface area (Å²) in [5, 5.41) is 17.2. The normalized spacial score (nSPS) is 11.8. The van der Waals surface area contributed by atoms with Crippen molar-refractivity contribution in [1.29, 1.82) is 0 Å². The number of rotatable bonds is 5. The third kappa shape index (κ3) is 3.60. The van der Waals surface area contributed by atoms with Crippen LogP contribution in [0.2, 0.25) is 0 Å². The van der Waals surface area contributed by atoms with Crippen molar-refractivity contribution in [3.63, 3.8) is 0 Å². The molecule has 1 atom stereocenters. The maximum absolute atomic E-state index is 12.0. The van der Waals surface area contributed by atoms with Gasteiger partial charge in [0.1, 0.15) is 5.76 Å². The number of nitro groups is 1. The SMILES string of the molecule is Cc1ccc(OC(C)C(=O)Nc2cc(C)on2)c([N+](=O)[O-])c1. The van der Waals surface area contributed by atoms with E-state index >= 15 is 0 Å². The lowest BCUT2D eigenvalue weighted by atomic mass is 10.2. The molecule has 1 unspecified atom stereocenters. The molecule has 8 heteroatoms. The molecule has 0 aliphatic carbocycles. The van der Waals surface area contributed by atoms with Crippen molar-refractivity contribution in [1.82, 2.24) is 5.16 Å². The Morgan fingerprint density at radius 2 is 2.14 bits per heavy atom. The molecule has 8 nitrogen and oxygen atoms in total. The fourth-order valence-electron chi connectivity index (χ4n) is 1.77. The smallest absolute Gasteiger partial charge is 0.311 e. The van der Waals surface area contributed by atoms with Gasteiger partial charge in [-0.2, -0.15) is 0 Å². The first-order chi connectivity index (χ1) is 10.4. The lowest BCUT2D eigenvalue weighted by molar-refractivity contribution is -0.386. The van der Waals surface area contributed by atoms with Crippen molar-refractivity contribution in [2.24, 2.45) is 0 Å². The molecule has 22 heavy (non-hydrogen) atoms. The van der Waals surface area contributed by atoms with Crippen molar-refractivity contribution in [3.8, 4) is 5.75 Å². The topological polar surface area (TPSA) is 108 Å². The maximum atomic E-state index is 12.0. The summed E-state index contributed by atoms with van der Waals surface area (Å²) in [5.41, 5.74) is 0.547. The molecule has 2 aromatic rings. The van der Waals surface area contributed by atoms with E-state index in [4.69, 9.17) is 9.26 Å². The zero-order valence-electron chi connectivity index (χ0n) is 12.3. The quantitative estimate of drug-likeness (QED) is 0.672. The van der Waals surface area contributed by atoms with Crippen LogP contribution in [0.15, 0.2) is 28.8 Å².